The van der Waals surface area contributed by atoms with E-state index in [2.05, 4.69) is 9.88 Å². The zero-order valence-corrected chi connectivity index (χ0v) is 24.8. The van der Waals surface area contributed by atoms with E-state index in [1.165, 1.54) is 25.3 Å². The van der Waals surface area contributed by atoms with Gasteiger partial charge in [-0.2, -0.15) is 13.2 Å². The number of halogens is 4. The van der Waals surface area contributed by atoms with Crippen LogP contribution in [-0.2, 0) is 37.0 Å². The van der Waals surface area contributed by atoms with Crippen LogP contribution in [0.5, 0.6) is 11.5 Å². The minimum atomic E-state index is -4.61. The third-order valence-electron chi connectivity index (χ3n) is 8.26. The van der Waals surface area contributed by atoms with E-state index < -0.39 is 17.7 Å². The largest absolute Gasteiger partial charge is 0.496 e. The molecule has 2 aliphatic heterocycles. The molecular formula is C31H30ClF3N4O5. The highest BCUT2D eigenvalue weighted by Crippen LogP contribution is 2.42. The molecule has 0 bridgehead atoms. The van der Waals surface area contributed by atoms with E-state index >= 15 is 0 Å². The van der Waals surface area contributed by atoms with Gasteiger partial charge in [0.25, 0.3) is 0 Å². The Bertz CT molecular complexity index is 1720. The number of imidazole rings is 1. The smallest absolute Gasteiger partial charge is 0.419 e. The van der Waals surface area contributed by atoms with Gasteiger partial charge in [-0.1, -0.05) is 17.7 Å². The van der Waals surface area contributed by atoms with Crippen LogP contribution in [-0.4, -0.2) is 56.9 Å². The maximum Gasteiger partial charge on any atom is 0.419 e. The quantitative estimate of drug-likeness (QED) is 0.230. The molecular weight excluding hydrogens is 601 g/mol. The first-order chi connectivity index (χ1) is 21.0. The maximum atomic E-state index is 14.2. The highest BCUT2D eigenvalue weighted by Gasteiger charge is 2.37. The summed E-state index contributed by atoms with van der Waals surface area (Å²) in [6, 6.07) is 10.4. The number of hydrogen-bond acceptors (Lipinski definition) is 7. The molecule has 4 heterocycles. The minimum Gasteiger partial charge on any atom is -0.496 e. The Hall–Kier alpha value is -3.87. The number of aromatic carboxylic acids is 1. The lowest BCUT2D eigenvalue weighted by Gasteiger charge is -2.36. The number of carboxylic acid groups (broad SMARTS) is 1. The van der Waals surface area contributed by atoms with Gasteiger partial charge in [-0.3, -0.25) is 4.90 Å². The van der Waals surface area contributed by atoms with E-state index in [-0.39, 0.29) is 30.2 Å². The topological polar surface area (TPSA) is 98.9 Å². The molecule has 232 valence electrons. The summed E-state index contributed by atoms with van der Waals surface area (Å²) < 4.78 is 61.2. The number of ether oxygens (including phenoxy) is 3. The maximum absolute atomic E-state index is 14.2. The highest BCUT2D eigenvalue weighted by molar-refractivity contribution is 6.30. The van der Waals surface area contributed by atoms with Crippen LogP contribution >= 0.6 is 11.6 Å². The average Bonchev–Trinajstić information content (AvgIpc) is 3.30. The molecule has 9 nitrogen and oxygen atoms in total. The summed E-state index contributed by atoms with van der Waals surface area (Å²) in [5, 5.41) is 9.93. The molecule has 0 saturated carbocycles. The molecule has 4 aromatic rings. The van der Waals surface area contributed by atoms with Crippen LogP contribution in [0.3, 0.4) is 0 Å². The number of rotatable bonds is 9. The Balaban J connectivity index is 1.30. The van der Waals surface area contributed by atoms with Crippen LogP contribution in [0, 0.1) is 0 Å². The van der Waals surface area contributed by atoms with Gasteiger partial charge in [0.1, 0.15) is 29.4 Å². The molecule has 0 aliphatic carbocycles. The van der Waals surface area contributed by atoms with Crippen molar-refractivity contribution in [1.29, 1.82) is 0 Å². The first-order valence-corrected chi connectivity index (χ1v) is 14.5. The fraction of sp³-hybridized carbons (Fsp3) is 0.387. The number of aromatic nitrogens is 3. The molecule has 13 heteroatoms. The summed E-state index contributed by atoms with van der Waals surface area (Å²) in [6.45, 7) is 3.83. The Labute approximate surface area is 256 Å². The average molecular weight is 631 g/mol. The van der Waals surface area contributed by atoms with Crippen LogP contribution < -0.4 is 9.47 Å². The number of carboxylic acids is 1. The Kier molecular flexibility index (Phi) is 8.16. The number of alkyl halides is 3. The van der Waals surface area contributed by atoms with Crippen molar-refractivity contribution >= 4 is 28.7 Å². The van der Waals surface area contributed by atoms with Crippen molar-refractivity contribution in [1.82, 2.24) is 19.4 Å². The first-order valence-electron chi connectivity index (χ1n) is 14.2. The number of hydrogen-bond donors (Lipinski definition) is 1. The molecule has 1 N–H and O–H groups in total. The summed E-state index contributed by atoms with van der Waals surface area (Å²) in [4.78, 5) is 22.9. The Morgan fingerprint density at radius 1 is 1.16 bits per heavy atom. The Morgan fingerprint density at radius 3 is 2.64 bits per heavy atom. The van der Waals surface area contributed by atoms with Gasteiger partial charge in [0, 0.05) is 29.8 Å². The first kappa shape index (κ1) is 30.2. The molecule has 44 heavy (non-hydrogen) atoms. The summed E-state index contributed by atoms with van der Waals surface area (Å²) in [7, 11) is 1.46. The zero-order chi connectivity index (χ0) is 31.2. The molecule has 0 amide bonds. The lowest BCUT2D eigenvalue weighted by Crippen LogP contribution is -2.36. The predicted octanol–water partition coefficient (Wildman–Crippen LogP) is 6.30. The fourth-order valence-corrected chi connectivity index (χ4v) is 5.91. The third-order valence-corrected chi connectivity index (χ3v) is 8.49. The molecule has 1 fully saturated rings. The van der Waals surface area contributed by atoms with Crippen molar-refractivity contribution in [3.8, 4) is 11.5 Å². The van der Waals surface area contributed by atoms with Crippen LogP contribution in [0.4, 0.5) is 13.2 Å². The normalized spacial score (nSPS) is 18.6. The number of nitrogens with zero attached hydrogens (tertiary/aromatic N) is 4. The Morgan fingerprint density at radius 2 is 1.95 bits per heavy atom. The van der Waals surface area contributed by atoms with Gasteiger partial charge in [0.2, 0.25) is 0 Å². The highest BCUT2D eigenvalue weighted by atomic mass is 35.5. The van der Waals surface area contributed by atoms with Crippen molar-refractivity contribution in [3.05, 3.63) is 81.3 Å². The monoisotopic (exact) mass is 630 g/mol. The second-order valence-corrected chi connectivity index (χ2v) is 11.4. The van der Waals surface area contributed by atoms with E-state index in [4.69, 9.17) is 30.8 Å². The second-order valence-electron chi connectivity index (χ2n) is 11.0. The predicted molar refractivity (Wildman–Crippen MR) is 155 cm³/mol. The molecule has 2 atom stereocenters. The number of fused-ring (bicyclic) bond motifs is 2. The zero-order valence-electron chi connectivity index (χ0n) is 24.0. The van der Waals surface area contributed by atoms with E-state index in [9.17, 15) is 23.1 Å². The lowest BCUT2D eigenvalue weighted by atomic mass is 9.91. The van der Waals surface area contributed by atoms with E-state index in [1.807, 2.05) is 11.5 Å². The molecule has 1 saturated heterocycles. The van der Waals surface area contributed by atoms with E-state index in [0.717, 1.165) is 12.0 Å². The standard InChI is InChI=1S/C31H30ClF3N4O5/c1-17-22-13-27(44-16-19-3-4-20(32)12-26(19)42-2)23(31(33,34)35)11-18(22)7-9-38(17)15-28-36-24-5-6-25(30(40)41)37-29(24)39(28)14-21-8-10-43-21/h3-6,11-13,17,21H,7-10,14-16H2,1-2H3,(H,40,41)/t17-,21-/m0/s1. The van der Waals surface area contributed by atoms with Crippen molar-refractivity contribution in [2.24, 2.45) is 0 Å². The summed E-state index contributed by atoms with van der Waals surface area (Å²) >= 11 is 6.04. The summed E-state index contributed by atoms with van der Waals surface area (Å²) in [5.41, 5.74) is 2.03. The number of carbonyl (C=O) groups is 1. The SMILES string of the molecule is COc1cc(Cl)ccc1COc1cc2c(cc1C(F)(F)F)CCN(Cc1nc3ccc(C(=O)O)nc3n1C[C@@H]1CCO1)[C@H]2C. The van der Waals surface area contributed by atoms with Gasteiger partial charge in [-0.15, -0.1) is 0 Å². The number of benzene rings is 2. The van der Waals surface area contributed by atoms with Crippen LogP contribution in [0.15, 0.2) is 42.5 Å². The van der Waals surface area contributed by atoms with Crippen molar-refractivity contribution in [2.75, 3.05) is 20.3 Å². The van der Waals surface area contributed by atoms with Crippen molar-refractivity contribution in [3.63, 3.8) is 0 Å². The molecule has 0 radical (unpaired) electrons. The third kappa shape index (κ3) is 5.93. The van der Waals surface area contributed by atoms with Gasteiger partial charge in [0.15, 0.2) is 11.3 Å². The van der Waals surface area contributed by atoms with Crippen molar-refractivity contribution in [2.45, 2.75) is 57.8 Å². The number of pyridine rings is 1. The summed E-state index contributed by atoms with van der Waals surface area (Å²) in [5.74, 6) is -0.294. The molecule has 2 aromatic carbocycles. The van der Waals surface area contributed by atoms with Gasteiger partial charge in [0.05, 0.1) is 31.9 Å². The molecule has 6 rings (SSSR count). The van der Waals surface area contributed by atoms with E-state index in [1.54, 1.807) is 24.3 Å². The molecule has 2 aliphatic rings. The van der Waals surface area contributed by atoms with Crippen LogP contribution in [0.2, 0.25) is 5.02 Å². The molecule has 0 spiro atoms. The fourth-order valence-electron chi connectivity index (χ4n) is 5.74. The molecule has 0 unspecified atom stereocenters. The summed E-state index contributed by atoms with van der Waals surface area (Å²) in [6.07, 6.45) is -3.36. The van der Waals surface area contributed by atoms with Crippen LogP contribution in [0.1, 0.15) is 58.0 Å². The second kappa shape index (κ2) is 11.9. The van der Waals surface area contributed by atoms with Gasteiger partial charge >= 0.3 is 12.1 Å². The van der Waals surface area contributed by atoms with Crippen molar-refractivity contribution < 1.29 is 37.3 Å². The lowest BCUT2D eigenvalue weighted by molar-refractivity contribution is -0.139. The van der Waals surface area contributed by atoms with Gasteiger partial charge in [-0.25, -0.2) is 14.8 Å². The number of methoxy groups -OCH3 is 1. The molecule has 2 aromatic heterocycles. The van der Waals surface area contributed by atoms with Gasteiger partial charge in [-0.05, 0) is 67.3 Å². The van der Waals surface area contributed by atoms with Crippen LogP contribution in [0.25, 0.3) is 11.2 Å². The minimum absolute atomic E-state index is 0.0271. The van der Waals surface area contributed by atoms with E-state index in [0.29, 0.717) is 71.5 Å². The van der Waals surface area contributed by atoms with Gasteiger partial charge < -0.3 is 23.9 Å².